The third-order valence-corrected chi connectivity index (χ3v) is 5.83. The van der Waals surface area contributed by atoms with Crippen LogP contribution in [0, 0.1) is 29.6 Å². The Labute approximate surface area is 162 Å². The standard InChI is InChI=1S/C21H19N3O2S/c1-13-7-8-14(10-18(13)26-2)9-15(11-22)20(25)24-21-17(12-23)16-5-3-4-6-19(16)27-21/h7-10H,3-6H2,1-2H3,(H,24,25)/b15-9+. The van der Waals surface area contributed by atoms with Crippen LogP contribution < -0.4 is 10.1 Å². The number of benzene rings is 1. The number of thiophene rings is 1. The minimum Gasteiger partial charge on any atom is -0.496 e. The average molecular weight is 377 g/mol. The summed E-state index contributed by atoms with van der Waals surface area (Å²) in [5, 5.41) is 22.2. The molecule has 0 saturated heterocycles. The molecular weight excluding hydrogens is 358 g/mol. The third-order valence-electron chi connectivity index (χ3n) is 4.62. The topological polar surface area (TPSA) is 85.9 Å². The molecule has 1 amide bonds. The summed E-state index contributed by atoms with van der Waals surface area (Å²) in [6.07, 6.45) is 5.50. The molecule has 0 atom stereocenters. The number of rotatable bonds is 4. The Hall–Kier alpha value is -3.09. The minimum atomic E-state index is -0.507. The number of ether oxygens (including phenoxy) is 1. The number of carbonyl (C=O) groups is 1. The molecule has 1 aromatic heterocycles. The second-order valence-electron chi connectivity index (χ2n) is 6.38. The van der Waals surface area contributed by atoms with Crippen molar-refractivity contribution in [3.05, 3.63) is 50.9 Å². The third kappa shape index (κ3) is 3.86. The highest BCUT2D eigenvalue weighted by molar-refractivity contribution is 7.16. The largest absolute Gasteiger partial charge is 0.496 e. The van der Waals surface area contributed by atoms with Crippen LogP contribution in [0.3, 0.4) is 0 Å². The van der Waals surface area contributed by atoms with Gasteiger partial charge in [-0.25, -0.2) is 0 Å². The smallest absolute Gasteiger partial charge is 0.266 e. The van der Waals surface area contributed by atoms with Crippen molar-refractivity contribution in [2.75, 3.05) is 12.4 Å². The Morgan fingerprint density at radius 3 is 2.78 bits per heavy atom. The van der Waals surface area contributed by atoms with Crippen molar-refractivity contribution >= 4 is 28.3 Å². The molecule has 0 saturated carbocycles. The first-order valence-corrected chi connectivity index (χ1v) is 9.51. The first-order chi connectivity index (χ1) is 13.1. The number of aryl methyl sites for hydroxylation is 2. The molecule has 1 aromatic carbocycles. The van der Waals surface area contributed by atoms with Crippen LogP contribution in [0.25, 0.3) is 6.08 Å². The molecule has 5 nitrogen and oxygen atoms in total. The van der Waals surface area contributed by atoms with E-state index in [2.05, 4.69) is 11.4 Å². The maximum absolute atomic E-state index is 12.6. The van der Waals surface area contributed by atoms with E-state index in [9.17, 15) is 15.3 Å². The van der Waals surface area contributed by atoms with E-state index < -0.39 is 5.91 Å². The Balaban J connectivity index is 1.88. The molecule has 6 heteroatoms. The van der Waals surface area contributed by atoms with Crippen molar-refractivity contribution in [1.29, 1.82) is 10.5 Å². The van der Waals surface area contributed by atoms with E-state index >= 15 is 0 Å². The second kappa shape index (κ2) is 8.07. The lowest BCUT2D eigenvalue weighted by Gasteiger charge is -2.09. The van der Waals surface area contributed by atoms with E-state index in [1.807, 2.05) is 25.1 Å². The van der Waals surface area contributed by atoms with Gasteiger partial charge in [-0.15, -0.1) is 11.3 Å². The minimum absolute atomic E-state index is 0.0174. The van der Waals surface area contributed by atoms with Gasteiger partial charge in [-0.05, 0) is 61.4 Å². The van der Waals surface area contributed by atoms with Crippen LogP contribution in [-0.4, -0.2) is 13.0 Å². The van der Waals surface area contributed by atoms with Gasteiger partial charge in [0.15, 0.2) is 0 Å². The predicted molar refractivity (Wildman–Crippen MR) is 106 cm³/mol. The zero-order valence-corrected chi connectivity index (χ0v) is 16.1. The van der Waals surface area contributed by atoms with E-state index in [1.165, 1.54) is 22.3 Å². The number of hydrogen-bond acceptors (Lipinski definition) is 5. The molecule has 0 unspecified atom stereocenters. The lowest BCUT2D eigenvalue weighted by Crippen LogP contribution is -2.13. The van der Waals surface area contributed by atoms with E-state index in [0.29, 0.717) is 21.9 Å². The van der Waals surface area contributed by atoms with Crippen molar-refractivity contribution in [2.24, 2.45) is 0 Å². The predicted octanol–water partition coefficient (Wildman–Crippen LogP) is 4.36. The van der Waals surface area contributed by atoms with Gasteiger partial charge in [-0.1, -0.05) is 12.1 Å². The number of hydrogen-bond donors (Lipinski definition) is 1. The maximum Gasteiger partial charge on any atom is 0.266 e. The van der Waals surface area contributed by atoms with Gasteiger partial charge in [-0.2, -0.15) is 10.5 Å². The van der Waals surface area contributed by atoms with Gasteiger partial charge in [0.2, 0.25) is 0 Å². The molecule has 0 aliphatic heterocycles. The number of nitrogens with zero attached hydrogens (tertiary/aromatic N) is 2. The van der Waals surface area contributed by atoms with Gasteiger partial charge in [0, 0.05) is 4.88 Å². The lowest BCUT2D eigenvalue weighted by molar-refractivity contribution is -0.112. The van der Waals surface area contributed by atoms with Gasteiger partial charge in [-0.3, -0.25) is 4.79 Å². The number of nitriles is 2. The summed E-state index contributed by atoms with van der Waals surface area (Å²) >= 11 is 1.45. The Morgan fingerprint density at radius 1 is 1.30 bits per heavy atom. The van der Waals surface area contributed by atoms with E-state index in [1.54, 1.807) is 13.2 Å². The molecule has 1 N–H and O–H groups in total. The van der Waals surface area contributed by atoms with Gasteiger partial charge < -0.3 is 10.1 Å². The summed E-state index contributed by atoms with van der Waals surface area (Å²) in [7, 11) is 1.58. The molecule has 136 valence electrons. The van der Waals surface area contributed by atoms with Gasteiger partial charge in [0.05, 0.1) is 12.7 Å². The van der Waals surface area contributed by atoms with Crippen LogP contribution in [0.4, 0.5) is 5.00 Å². The number of methoxy groups -OCH3 is 1. The molecule has 1 heterocycles. The van der Waals surface area contributed by atoms with Crippen molar-refractivity contribution in [3.63, 3.8) is 0 Å². The van der Waals surface area contributed by atoms with Crippen LogP contribution >= 0.6 is 11.3 Å². The first-order valence-electron chi connectivity index (χ1n) is 8.69. The molecule has 1 aliphatic carbocycles. The number of amides is 1. The van der Waals surface area contributed by atoms with Crippen molar-refractivity contribution in [2.45, 2.75) is 32.6 Å². The number of nitrogens with one attached hydrogen (secondary N) is 1. The summed E-state index contributed by atoms with van der Waals surface area (Å²) in [6.45, 7) is 1.92. The zero-order chi connectivity index (χ0) is 19.4. The number of anilines is 1. The van der Waals surface area contributed by atoms with Crippen LogP contribution in [-0.2, 0) is 17.6 Å². The second-order valence-corrected chi connectivity index (χ2v) is 7.48. The first kappa shape index (κ1) is 18.7. The van der Waals surface area contributed by atoms with Crippen molar-refractivity contribution in [1.82, 2.24) is 0 Å². The Kier molecular flexibility index (Phi) is 5.59. The van der Waals surface area contributed by atoms with E-state index in [0.717, 1.165) is 36.8 Å². The highest BCUT2D eigenvalue weighted by Gasteiger charge is 2.22. The molecule has 1 aliphatic rings. The fourth-order valence-corrected chi connectivity index (χ4v) is 4.42. The van der Waals surface area contributed by atoms with Crippen LogP contribution in [0.5, 0.6) is 5.75 Å². The molecular formula is C21H19N3O2S. The van der Waals surface area contributed by atoms with Crippen LogP contribution in [0.15, 0.2) is 23.8 Å². The molecule has 2 aromatic rings. The Morgan fingerprint density at radius 2 is 2.07 bits per heavy atom. The van der Waals surface area contributed by atoms with E-state index in [4.69, 9.17) is 4.74 Å². The quantitative estimate of drug-likeness (QED) is 0.633. The number of carbonyl (C=O) groups excluding carboxylic acids is 1. The lowest BCUT2D eigenvalue weighted by atomic mass is 9.96. The molecule has 0 fully saturated rings. The molecule has 0 bridgehead atoms. The number of fused-ring (bicyclic) bond motifs is 1. The molecule has 0 spiro atoms. The zero-order valence-electron chi connectivity index (χ0n) is 15.3. The fourth-order valence-electron chi connectivity index (χ4n) is 3.18. The monoisotopic (exact) mass is 377 g/mol. The molecule has 27 heavy (non-hydrogen) atoms. The maximum atomic E-state index is 12.6. The summed E-state index contributed by atoms with van der Waals surface area (Å²) in [5.74, 6) is 0.186. The van der Waals surface area contributed by atoms with Crippen LogP contribution in [0.2, 0.25) is 0 Å². The van der Waals surface area contributed by atoms with Gasteiger partial charge in [0.25, 0.3) is 5.91 Å². The summed E-state index contributed by atoms with van der Waals surface area (Å²) in [5.41, 5.74) is 3.25. The SMILES string of the molecule is COc1cc(/C=C(\C#N)C(=O)Nc2sc3c(c2C#N)CCCC3)ccc1C. The average Bonchev–Trinajstić information content (AvgIpc) is 3.03. The Bertz CT molecular complexity index is 1010. The fraction of sp³-hybridized carbons (Fsp3) is 0.286. The van der Waals surface area contributed by atoms with Crippen molar-refractivity contribution in [3.8, 4) is 17.9 Å². The van der Waals surface area contributed by atoms with Crippen molar-refractivity contribution < 1.29 is 9.53 Å². The summed E-state index contributed by atoms with van der Waals surface area (Å²) in [6, 6.07) is 9.65. The van der Waals surface area contributed by atoms with Gasteiger partial charge >= 0.3 is 0 Å². The highest BCUT2D eigenvalue weighted by atomic mass is 32.1. The van der Waals surface area contributed by atoms with Crippen LogP contribution in [0.1, 0.15) is 40.0 Å². The normalized spacial score (nSPS) is 13.3. The molecule has 3 rings (SSSR count). The summed E-state index contributed by atoms with van der Waals surface area (Å²) < 4.78 is 5.29. The van der Waals surface area contributed by atoms with E-state index in [-0.39, 0.29) is 5.57 Å². The molecule has 0 radical (unpaired) electrons. The van der Waals surface area contributed by atoms with Gasteiger partial charge in [0.1, 0.15) is 28.5 Å². The highest BCUT2D eigenvalue weighted by Crippen LogP contribution is 2.37. The summed E-state index contributed by atoms with van der Waals surface area (Å²) in [4.78, 5) is 13.8.